The third-order valence-electron chi connectivity index (χ3n) is 3.38. The number of fused-ring (bicyclic) bond motifs is 1. The number of urea groups is 1. The summed E-state index contributed by atoms with van der Waals surface area (Å²) in [4.78, 5) is 24.0. The fraction of sp³-hybridized carbons (Fsp3) is 0.125. The van der Waals surface area contributed by atoms with Gasteiger partial charge in [0, 0.05) is 23.3 Å². The van der Waals surface area contributed by atoms with Crippen molar-refractivity contribution in [2.24, 2.45) is 0 Å². The molecule has 0 unspecified atom stereocenters. The molecule has 134 valence electrons. The van der Waals surface area contributed by atoms with E-state index in [2.05, 4.69) is 20.3 Å². The number of carbonyl (C=O) groups is 1. The maximum Gasteiger partial charge on any atom is 0.335 e. The molecule has 26 heavy (non-hydrogen) atoms. The van der Waals surface area contributed by atoms with Gasteiger partial charge in [-0.05, 0) is 19.1 Å². The monoisotopic (exact) mass is 373 g/mol. The molecule has 0 radical (unpaired) electrons. The normalized spacial score (nSPS) is 11.2. The highest BCUT2D eigenvalue weighted by molar-refractivity contribution is 7.90. The number of benzene rings is 1. The summed E-state index contributed by atoms with van der Waals surface area (Å²) in [5.41, 5.74) is 0.817. The molecule has 2 N–H and O–H groups in total. The van der Waals surface area contributed by atoms with E-state index < -0.39 is 16.1 Å². The number of nitrogens with zero attached hydrogens (tertiary/aromatic N) is 3. The van der Waals surface area contributed by atoms with Crippen LogP contribution in [0.3, 0.4) is 0 Å². The molecule has 2 amide bonds. The van der Waals surface area contributed by atoms with E-state index in [9.17, 15) is 13.2 Å². The molecule has 0 saturated heterocycles. The number of anilines is 1. The van der Waals surface area contributed by atoms with Gasteiger partial charge in [0.25, 0.3) is 10.0 Å². The number of carbonyl (C=O) groups excluding carboxylic acids is 1. The summed E-state index contributed by atoms with van der Waals surface area (Å²) >= 11 is 0. The first-order valence-corrected chi connectivity index (χ1v) is 8.94. The van der Waals surface area contributed by atoms with Gasteiger partial charge in [-0.25, -0.2) is 22.9 Å². The Bertz CT molecular complexity index is 1080. The maximum atomic E-state index is 12.6. The van der Waals surface area contributed by atoms with E-state index in [0.29, 0.717) is 11.1 Å². The largest absolute Gasteiger partial charge is 0.481 e. The SMILES string of the molecule is COc1cc(C)nc(NC(=O)NS(=O)(=O)c2cccc3cccnc23)n1. The second-order valence-corrected chi connectivity index (χ2v) is 6.92. The van der Waals surface area contributed by atoms with E-state index in [0.717, 1.165) is 0 Å². The van der Waals surface area contributed by atoms with Crippen LogP contribution in [0.5, 0.6) is 5.88 Å². The third kappa shape index (κ3) is 3.70. The number of aromatic nitrogens is 3. The molecule has 0 bridgehead atoms. The number of nitrogens with one attached hydrogen (secondary N) is 2. The van der Waals surface area contributed by atoms with E-state index in [4.69, 9.17) is 4.74 Å². The molecule has 1 aromatic carbocycles. The molecule has 9 nitrogen and oxygen atoms in total. The Morgan fingerprint density at radius 3 is 2.69 bits per heavy atom. The molecule has 0 aliphatic rings. The van der Waals surface area contributed by atoms with Crippen molar-refractivity contribution >= 4 is 32.9 Å². The van der Waals surface area contributed by atoms with Gasteiger partial charge < -0.3 is 4.74 Å². The number of para-hydroxylation sites is 1. The molecule has 0 spiro atoms. The minimum atomic E-state index is -4.14. The highest BCUT2D eigenvalue weighted by Gasteiger charge is 2.21. The second kappa shape index (κ2) is 6.92. The summed E-state index contributed by atoms with van der Waals surface area (Å²) in [6, 6.07) is 8.68. The molecule has 3 aromatic rings. The van der Waals surface area contributed by atoms with Gasteiger partial charge in [0.15, 0.2) is 0 Å². The predicted molar refractivity (Wildman–Crippen MR) is 94.4 cm³/mol. The van der Waals surface area contributed by atoms with Crippen LogP contribution in [-0.2, 0) is 10.0 Å². The number of sulfonamides is 1. The predicted octanol–water partition coefficient (Wildman–Crippen LogP) is 1.85. The number of ether oxygens (including phenoxy) is 1. The Morgan fingerprint density at radius 2 is 1.92 bits per heavy atom. The van der Waals surface area contributed by atoms with Crippen LogP contribution in [0.15, 0.2) is 47.5 Å². The number of pyridine rings is 1. The number of aryl methyl sites for hydroxylation is 1. The third-order valence-corrected chi connectivity index (χ3v) is 4.74. The van der Waals surface area contributed by atoms with Gasteiger partial charge in [-0.2, -0.15) is 4.98 Å². The zero-order chi connectivity index (χ0) is 18.7. The van der Waals surface area contributed by atoms with Gasteiger partial charge >= 0.3 is 6.03 Å². The summed E-state index contributed by atoms with van der Waals surface area (Å²) in [5, 5.41) is 2.92. The molecule has 10 heteroatoms. The molecule has 2 heterocycles. The van der Waals surface area contributed by atoms with Gasteiger partial charge in [-0.15, -0.1) is 0 Å². The molecule has 0 saturated carbocycles. The van der Waals surface area contributed by atoms with Crippen molar-refractivity contribution in [3.05, 3.63) is 48.3 Å². The van der Waals surface area contributed by atoms with Gasteiger partial charge in [0.05, 0.1) is 12.6 Å². The zero-order valence-electron chi connectivity index (χ0n) is 13.9. The second-order valence-electron chi connectivity index (χ2n) is 5.27. The van der Waals surface area contributed by atoms with Crippen LogP contribution in [0.4, 0.5) is 10.7 Å². The lowest BCUT2D eigenvalue weighted by Gasteiger charge is -2.10. The highest BCUT2D eigenvalue weighted by Crippen LogP contribution is 2.20. The lowest BCUT2D eigenvalue weighted by molar-refractivity contribution is 0.256. The van der Waals surface area contributed by atoms with E-state index in [-0.39, 0.29) is 22.2 Å². The number of hydrogen-bond donors (Lipinski definition) is 2. The smallest absolute Gasteiger partial charge is 0.335 e. The van der Waals surface area contributed by atoms with E-state index in [1.807, 2.05) is 4.72 Å². The molecular formula is C16H15N5O4S. The van der Waals surface area contributed by atoms with Crippen molar-refractivity contribution in [2.75, 3.05) is 12.4 Å². The first kappa shape index (κ1) is 17.5. The average molecular weight is 373 g/mol. The van der Waals surface area contributed by atoms with Crippen LogP contribution in [0.1, 0.15) is 5.69 Å². The fourth-order valence-electron chi connectivity index (χ4n) is 2.30. The van der Waals surface area contributed by atoms with Crippen molar-refractivity contribution in [2.45, 2.75) is 11.8 Å². The fourth-order valence-corrected chi connectivity index (χ4v) is 3.39. The maximum absolute atomic E-state index is 12.6. The quantitative estimate of drug-likeness (QED) is 0.715. The Balaban J connectivity index is 1.85. The summed E-state index contributed by atoms with van der Waals surface area (Å²) in [5.74, 6) is 0.166. The van der Waals surface area contributed by atoms with Crippen molar-refractivity contribution < 1.29 is 17.9 Å². The van der Waals surface area contributed by atoms with Crippen LogP contribution in [-0.4, -0.2) is 36.5 Å². The van der Waals surface area contributed by atoms with Crippen molar-refractivity contribution in [1.29, 1.82) is 0 Å². The molecule has 0 aliphatic carbocycles. The Morgan fingerprint density at radius 1 is 1.15 bits per heavy atom. The van der Waals surface area contributed by atoms with Crippen molar-refractivity contribution in [1.82, 2.24) is 19.7 Å². The summed E-state index contributed by atoms with van der Waals surface area (Å²) in [6.45, 7) is 1.69. The standard InChI is InChI=1S/C16H15N5O4S/c1-10-9-13(25-2)19-15(18-10)20-16(22)21-26(23,24)12-7-3-5-11-6-4-8-17-14(11)12/h3-9H,1-2H3,(H2,18,19,20,21,22). The van der Waals surface area contributed by atoms with Gasteiger partial charge in [-0.1, -0.05) is 18.2 Å². The minimum absolute atomic E-state index is 0.0782. The molecule has 2 aromatic heterocycles. The van der Waals surface area contributed by atoms with Crippen LogP contribution >= 0.6 is 0 Å². The lowest BCUT2D eigenvalue weighted by atomic mass is 10.2. The lowest BCUT2D eigenvalue weighted by Crippen LogP contribution is -2.35. The first-order chi connectivity index (χ1) is 12.4. The van der Waals surface area contributed by atoms with Crippen LogP contribution in [0, 0.1) is 6.92 Å². The van der Waals surface area contributed by atoms with Crippen molar-refractivity contribution in [3.8, 4) is 5.88 Å². The van der Waals surface area contributed by atoms with E-state index in [1.54, 1.807) is 37.3 Å². The Hall–Kier alpha value is -3.27. The van der Waals surface area contributed by atoms with Crippen LogP contribution < -0.4 is 14.8 Å². The van der Waals surface area contributed by atoms with Crippen LogP contribution in [0.2, 0.25) is 0 Å². The van der Waals surface area contributed by atoms with E-state index in [1.165, 1.54) is 19.4 Å². The Kier molecular flexibility index (Phi) is 4.67. The van der Waals surface area contributed by atoms with Crippen molar-refractivity contribution in [3.63, 3.8) is 0 Å². The van der Waals surface area contributed by atoms with Gasteiger partial charge in [0.1, 0.15) is 4.90 Å². The minimum Gasteiger partial charge on any atom is -0.481 e. The van der Waals surface area contributed by atoms with Gasteiger partial charge in [0.2, 0.25) is 11.8 Å². The number of amides is 2. The summed E-state index contributed by atoms with van der Waals surface area (Å²) in [7, 11) is -2.72. The number of hydrogen-bond acceptors (Lipinski definition) is 7. The summed E-state index contributed by atoms with van der Waals surface area (Å²) < 4.78 is 32.0. The van der Waals surface area contributed by atoms with Crippen LogP contribution in [0.25, 0.3) is 10.9 Å². The first-order valence-electron chi connectivity index (χ1n) is 7.46. The summed E-state index contributed by atoms with van der Waals surface area (Å²) in [6.07, 6.45) is 1.48. The Labute approximate surface area is 149 Å². The molecule has 0 atom stereocenters. The number of rotatable bonds is 4. The molecule has 0 aliphatic heterocycles. The zero-order valence-corrected chi connectivity index (χ0v) is 14.7. The average Bonchev–Trinajstić information content (AvgIpc) is 2.60. The number of methoxy groups -OCH3 is 1. The van der Waals surface area contributed by atoms with E-state index >= 15 is 0 Å². The molecule has 0 fully saturated rings. The molecular weight excluding hydrogens is 358 g/mol. The topological polar surface area (TPSA) is 123 Å². The molecule has 3 rings (SSSR count). The highest BCUT2D eigenvalue weighted by atomic mass is 32.2. The van der Waals surface area contributed by atoms with Gasteiger partial charge in [-0.3, -0.25) is 10.3 Å².